The first kappa shape index (κ1) is 26.1. The number of Topliss-reactive ketones (excluding diaryl/α,β-unsaturated/α-hetero) is 2. The summed E-state index contributed by atoms with van der Waals surface area (Å²) in [7, 11) is 0. The number of amides is 1. The summed E-state index contributed by atoms with van der Waals surface area (Å²) in [5.74, 6) is -0.974. The predicted molar refractivity (Wildman–Crippen MR) is 141 cm³/mol. The number of thiazole rings is 1. The number of hydrogen-bond donors (Lipinski definition) is 1. The second-order valence-corrected chi connectivity index (χ2v) is 9.49. The normalized spacial score (nSPS) is 16.8. The molecule has 0 spiro atoms. The number of aromatic nitrogens is 1. The van der Waals surface area contributed by atoms with Crippen LogP contribution in [0.15, 0.2) is 54.1 Å². The predicted octanol–water partition coefficient (Wildman–Crippen LogP) is 5.47. The Balaban J connectivity index is 1.88. The van der Waals surface area contributed by atoms with E-state index < -0.39 is 17.7 Å². The van der Waals surface area contributed by atoms with Crippen molar-refractivity contribution >= 4 is 39.7 Å². The minimum absolute atomic E-state index is 0.0712. The lowest BCUT2D eigenvalue weighted by Gasteiger charge is -2.23. The van der Waals surface area contributed by atoms with Crippen LogP contribution in [-0.4, -0.2) is 40.8 Å². The van der Waals surface area contributed by atoms with Crippen LogP contribution >= 0.6 is 11.3 Å². The molecule has 1 saturated heterocycles. The fourth-order valence-corrected chi connectivity index (χ4v) is 5.17. The lowest BCUT2D eigenvalue weighted by Crippen LogP contribution is -2.29. The number of benzene rings is 2. The maximum Gasteiger partial charge on any atom is 0.301 e. The zero-order valence-electron chi connectivity index (χ0n) is 21.1. The minimum Gasteiger partial charge on any atom is -0.507 e. The van der Waals surface area contributed by atoms with E-state index in [0.717, 1.165) is 17.8 Å². The summed E-state index contributed by atoms with van der Waals surface area (Å²) < 4.78 is 11.3. The number of rotatable bonds is 9. The Bertz CT molecular complexity index is 1380. The van der Waals surface area contributed by atoms with Crippen LogP contribution in [0.25, 0.3) is 5.76 Å². The van der Waals surface area contributed by atoms with Crippen LogP contribution in [0, 0.1) is 6.92 Å². The van der Waals surface area contributed by atoms with E-state index in [-0.39, 0.29) is 22.2 Å². The molecule has 1 aromatic heterocycles. The van der Waals surface area contributed by atoms with Gasteiger partial charge in [0, 0.05) is 12.5 Å². The maximum absolute atomic E-state index is 13.4. The second kappa shape index (κ2) is 11.0. The zero-order valence-corrected chi connectivity index (χ0v) is 21.9. The number of carbonyl (C=O) groups excluding carboxylic acids is 3. The molecule has 0 aliphatic carbocycles. The van der Waals surface area contributed by atoms with E-state index in [4.69, 9.17) is 9.47 Å². The van der Waals surface area contributed by atoms with Crippen molar-refractivity contribution in [2.75, 3.05) is 18.1 Å². The molecule has 2 aromatic carbocycles. The number of carbonyl (C=O) groups is 3. The minimum atomic E-state index is -0.971. The van der Waals surface area contributed by atoms with Crippen LogP contribution in [0.5, 0.6) is 11.5 Å². The number of aliphatic hydroxyl groups is 1. The van der Waals surface area contributed by atoms with E-state index in [0.29, 0.717) is 46.4 Å². The van der Waals surface area contributed by atoms with Gasteiger partial charge in [0.15, 0.2) is 10.9 Å². The van der Waals surface area contributed by atoms with Gasteiger partial charge in [0.2, 0.25) is 0 Å². The molecule has 1 fully saturated rings. The summed E-state index contributed by atoms with van der Waals surface area (Å²) >= 11 is 1.04. The molecule has 4 rings (SSSR count). The number of hydrogen-bond acceptors (Lipinski definition) is 8. The summed E-state index contributed by atoms with van der Waals surface area (Å²) in [6.07, 6.45) is 0.855. The van der Waals surface area contributed by atoms with Gasteiger partial charge in [-0.05, 0) is 62.2 Å². The van der Waals surface area contributed by atoms with Gasteiger partial charge in [-0.25, -0.2) is 4.98 Å². The van der Waals surface area contributed by atoms with Crippen molar-refractivity contribution in [3.05, 3.63) is 75.8 Å². The van der Waals surface area contributed by atoms with Gasteiger partial charge in [-0.2, -0.15) is 0 Å². The average Bonchev–Trinajstić information content (AvgIpc) is 3.40. The molecule has 0 radical (unpaired) electrons. The highest BCUT2D eigenvalue weighted by Gasteiger charge is 2.48. The highest BCUT2D eigenvalue weighted by atomic mass is 32.1. The monoisotopic (exact) mass is 520 g/mol. The summed E-state index contributed by atoms with van der Waals surface area (Å²) in [4.78, 5) is 44.9. The third kappa shape index (κ3) is 5.13. The summed E-state index contributed by atoms with van der Waals surface area (Å²) in [6, 6.07) is 12.7. The number of ether oxygens (including phenoxy) is 2. The van der Waals surface area contributed by atoms with Gasteiger partial charge < -0.3 is 14.6 Å². The fraction of sp³-hybridized carbons (Fsp3) is 0.286. The van der Waals surface area contributed by atoms with Crippen LogP contribution in [-0.2, 0) is 9.59 Å². The SMILES string of the molecule is CCCOc1ccc(/C(O)=C2\C(=O)C(=O)N(c3nc(C)c(C(C)=O)s3)C2c2cccc(OCC)c2)cc1. The molecule has 8 nitrogen and oxygen atoms in total. The molecule has 192 valence electrons. The molecule has 1 amide bonds. The summed E-state index contributed by atoms with van der Waals surface area (Å²) in [5, 5.41) is 11.5. The Hall–Kier alpha value is -3.98. The lowest BCUT2D eigenvalue weighted by atomic mass is 9.95. The van der Waals surface area contributed by atoms with Crippen LogP contribution < -0.4 is 14.4 Å². The first-order valence-electron chi connectivity index (χ1n) is 12.0. The van der Waals surface area contributed by atoms with Crippen molar-refractivity contribution in [2.24, 2.45) is 0 Å². The topological polar surface area (TPSA) is 106 Å². The van der Waals surface area contributed by atoms with Crippen LogP contribution in [0.4, 0.5) is 5.13 Å². The Morgan fingerprint density at radius 2 is 1.81 bits per heavy atom. The van der Waals surface area contributed by atoms with Crippen molar-refractivity contribution in [3.63, 3.8) is 0 Å². The molecule has 9 heteroatoms. The van der Waals surface area contributed by atoms with Crippen LogP contribution in [0.2, 0.25) is 0 Å². The summed E-state index contributed by atoms with van der Waals surface area (Å²) in [6.45, 7) is 7.96. The van der Waals surface area contributed by atoms with Gasteiger partial charge in [-0.3, -0.25) is 19.3 Å². The Kier molecular flexibility index (Phi) is 7.73. The molecule has 37 heavy (non-hydrogen) atoms. The van der Waals surface area contributed by atoms with Gasteiger partial charge >= 0.3 is 5.91 Å². The first-order chi connectivity index (χ1) is 17.8. The van der Waals surface area contributed by atoms with E-state index in [2.05, 4.69) is 4.98 Å². The molecule has 1 atom stereocenters. The Morgan fingerprint density at radius 3 is 2.43 bits per heavy atom. The number of ketones is 2. The molecule has 1 N–H and O–H groups in total. The van der Waals surface area contributed by atoms with Crippen molar-refractivity contribution in [2.45, 2.75) is 40.2 Å². The lowest BCUT2D eigenvalue weighted by molar-refractivity contribution is -0.132. The van der Waals surface area contributed by atoms with Crippen molar-refractivity contribution in [1.29, 1.82) is 0 Å². The largest absolute Gasteiger partial charge is 0.507 e. The van der Waals surface area contributed by atoms with E-state index >= 15 is 0 Å². The molecular formula is C28H28N2O6S. The maximum atomic E-state index is 13.4. The third-order valence-corrected chi connectivity index (χ3v) is 7.10. The first-order valence-corrected chi connectivity index (χ1v) is 12.8. The fourth-order valence-electron chi connectivity index (χ4n) is 4.18. The molecule has 2 heterocycles. The van der Waals surface area contributed by atoms with E-state index in [1.165, 1.54) is 11.8 Å². The molecule has 0 saturated carbocycles. The van der Waals surface area contributed by atoms with Crippen LogP contribution in [0.3, 0.4) is 0 Å². The third-order valence-electron chi connectivity index (χ3n) is 5.84. The summed E-state index contributed by atoms with van der Waals surface area (Å²) in [5.41, 5.74) is 1.33. The molecule has 1 aliphatic rings. The van der Waals surface area contributed by atoms with E-state index in [1.54, 1.807) is 55.5 Å². The van der Waals surface area contributed by atoms with Gasteiger partial charge in [0.25, 0.3) is 5.78 Å². The number of anilines is 1. The average molecular weight is 521 g/mol. The van der Waals surface area contributed by atoms with Gasteiger partial charge in [-0.1, -0.05) is 30.4 Å². The zero-order chi connectivity index (χ0) is 26.7. The number of nitrogens with zero attached hydrogens (tertiary/aromatic N) is 2. The molecule has 3 aromatic rings. The van der Waals surface area contributed by atoms with E-state index in [1.807, 2.05) is 13.8 Å². The van der Waals surface area contributed by atoms with Crippen molar-refractivity contribution in [1.82, 2.24) is 4.98 Å². The molecule has 1 aliphatic heterocycles. The van der Waals surface area contributed by atoms with Gasteiger partial charge in [0.1, 0.15) is 17.3 Å². The van der Waals surface area contributed by atoms with Crippen molar-refractivity contribution in [3.8, 4) is 11.5 Å². The molecule has 1 unspecified atom stereocenters. The van der Waals surface area contributed by atoms with Gasteiger partial charge in [0.05, 0.1) is 35.4 Å². The smallest absolute Gasteiger partial charge is 0.301 e. The van der Waals surface area contributed by atoms with Crippen LogP contribution in [0.1, 0.15) is 59.7 Å². The number of aryl methyl sites for hydroxylation is 1. The van der Waals surface area contributed by atoms with Crippen molar-refractivity contribution < 1.29 is 29.0 Å². The quantitative estimate of drug-likeness (QED) is 0.173. The highest BCUT2D eigenvalue weighted by molar-refractivity contribution is 7.18. The molecule has 0 bridgehead atoms. The molecular weight excluding hydrogens is 492 g/mol. The highest BCUT2D eigenvalue weighted by Crippen LogP contribution is 2.44. The second-order valence-electron chi connectivity index (χ2n) is 8.51. The Labute approximate surface area is 219 Å². The van der Waals surface area contributed by atoms with Gasteiger partial charge in [-0.15, -0.1) is 0 Å². The van der Waals surface area contributed by atoms with E-state index in [9.17, 15) is 19.5 Å². The standard InChI is InChI=1S/C28H28N2O6S/c1-5-14-36-20-12-10-18(11-13-20)24(32)22-23(19-8-7-9-21(15-19)35-6-2)30(27(34)25(22)33)28-29-16(3)26(37-28)17(4)31/h7-13,15,23,32H,5-6,14H2,1-4H3/b24-22+. The number of aliphatic hydroxyl groups excluding tert-OH is 1. The Morgan fingerprint density at radius 1 is 1.08 bits per heavy atom.